The Balaban J connectivity index is 1.31. The highest BCUT2D eigenvalue weighted by Gasteiger charge is 2.47. The van der Waals surface area contributed by atoms with E-state index >= 15 is 0 Å². The van der Waals surface area contributed by atoms with Crippen molar-refractivity contribution in [1.82, 2.24) is 9.21 Å². The monoisotopic (exact) mass is 502 g/mol. The molecule has 34 heavy (non-hydrogen) atoms. The standard InChI is InChI=1S/C25H30N2O5S2/c28-25(19-9-13-23(14-10-19)34(31,32)26-15-5-2-6-16-26)27-20-11-12-21(27)18-24(17-20)33(29,30)22-7-3-1-4-8-22/h1,3-4,7-10,13-14,20-21,24H,2,5-6,11-12,15-18H2. The highest BCUT2D eigenvalue weighted by atomic mass is 32.2. The summed E-state index contributed by atoms with van der Waals surface area (Å²) >= 11 is 0. The summed E-state index contributed by atoms with van der Waals surface area (Å²) in [6.07, 6.45) is 5.23. The summed E-state index contributed by atoms with van der Waals surface area (Å²) in [7, 11) is -6.99. The minimum Gasteiger partial charge on any atom is -0.333 e. The Kier molecular flexibility index (Phi) is 6.29. The fourth-order valence-corrected chi connectivity index (χ4v) is 9.08. The predicted molar refractivity (Wildman–Crippen MR) is 129 cm³/mol. The van der Waals surface area contributed by atoms with E-state index in [4.69, 9.17) is 0 Å². The average Bonchev–Trinajstić information content (AvgIpc) is 3.13. The molecule has 0 spiro atoms. The maximum absolute atomic E-state index is 13.4. The molecule has 9 heteroatoms. The van der Waals surface area contributed by atoms with Crippen LogP contribution in [0, 0.1) is 0 Å². The molecule has 0 N–H and O–H groups in total. The van der Waals surface area contributed by atoms with Crippen LogP contribution in [0.4, 0.5) is 0 Å². The number of hydrogen-bond donors (Lipinski definition) is 0. The van der Waals surface area contributed by atoms with E-state index in [-0.39, 0.29) is 22.9 Å². The zero-order valence-electron chi connectivity index (χ0n) is 19.0. The summed E-state index contributed by atoms with van der Waals surface area (Å²) in [4.78, 5) is 15.8. The van der Waals surface area contributed by atoms with Gasteiger partial charge in [-0.15, -0.1) is 0 Å². The van der Waals surface area contributed by atoms with Gasteiger partial charge in [0.2, 0.25) is 10.0 Å². The van der Waals surface area contributed by atoms with Crippen molar-refractivity contribution in [2.45, 2.75) is 72.1 Å². The van der Waals surface area contributed by atoms with E-state index in [1.54, 1.807) is 42.5 Å². The summed E-state index contributed by atoms with van der Waals surface area (Å²) < 4.78 is 53.6. The Morgan fingerprint density at radius 3 is 1.91 bits per heavy atom. The van der Waals surface area contributed by atoms with Gasteiger partial charge in [-0.05, 0) is 74.9 Å². The molecule has 3 saturated heterocycles. The van der Waals surface area contributed by atoms with Gasteiger partial charge in [0.15, 0.2) is 9.84 Å². The molecule has 3 fully saturated rings. The Labute approximate surface area is 201 Å². The lowest BCUT2D eigenvalue weighted by atomic mass is 10.0. The molecule has 2 unspecified atom stereocenters. The zero-order chi connectivity index (χ0) is 23.9. The van der Waals surface area contributed by atoms with Crippen LogP contribution in [0.5, 0.6) is 0 Å². The molecule has 182 valence electrons. The topological polar surface area (TPSA) is 91.8 Å². The van der Waals surface area contributed by atoms with Crippen LogP contribution in [-0.4, -0.2) is 62.4 Å². The Morgan fingerprint density at radius 1 is 0.735 bits per heavy atom. The molecule has 0 saturated carbocycles. The average molecular weight is 503 g/mol. The third-order valence-electron chi connectivity index (χ3n) is 7.49. The first kappa shape index (κ1) is 23.5. The van der Waals surface area contributed by atoms with Gasteiger partial charge < -0.3 is 4.90 Å². The van der Waals surface area contributed by atoms with Gasteiger partial charge in [-0.25, -0.2) is 16.8 Å². The number of fused-ring (bicyclic) bond motifs is 2. The van der Waals surface area contributed by atoms with E-state index in [0.717, 1.165) is 32.1 Å². The van der Waals surface area contributed by atoms with Crippen LogP contribution in [0.25, 0.3) is 0 Å². The maximum atomic E-state index is 13.4. The summed E-state index contributed by atoms with van der Waals surface area (Å²) in [6.45, 7) is 1.07. The number of nitrogens with zero attached hydrogens (tertiary/aromatic N) is 2. The number of carbonyl (C=O) groups is 1. The number of hydrogen-bond acceptors (Lipinski definition) is 5. The van der Waals surface area contributed by atoms with E-state index in [0.29, 0.717) is 36.4 Å². The second kappa shape index (κ2) is 9.09. The second-order valence-corrected chi connectivity index (χ2v) is 13.7. The van der Waals surface area contributed by atoms with Crippen molar-refractivity contribution >= 4 is 25.8 Å². The van der Waals surface area contributed by atoms with Gasteiger partial charge in [0, 0.05) is 30.7 Å². The molecule has 0 aromatic heterocycles. The Morgan fingerprint density at radius 2 is 1.32 bits per heavy atom. The molecule has 2 aromatic carbocycles. The molecule has 7 nitrogen and oxygen atoms in total. The minimum absolute atomic E-state index is 0.119. The van der Waals surface area contributed by atoms with Crippen LogP contribution in [-0.2, 0) is 19.9 Å². The van der Waals surface area contributed by atoms with Crippen molar-refractivity contribution in [3.8, 4) is 0 Å². The number of benzene rings is 2. The number of rotatable bonds is 5. The molecular formula is C25H30N2O5S2. The van der Waals surface area contributed by atoms with Crippen molar-refractivity contribution in [3.05, 3.63) is 60.2 Å². The number of amides is 1. The molecule has 5 rings (SSSR count). The van der Waals surface area contributed by atoms with Crippen molar-refractivity contribution in [2.75, 3.05) is 13.1 Å². The van der Waals surface area contributed by atoms with Crippen LogP contribution in [0.2, 0.25) is 0 Å². The van der Waals surface area contributed by atoms with E-state index in [9.17, 15) is 21.6 Å². The number of sulfone groups is 1. The molecule has 2 bridgehead atoms. The van der Waals surface area contributed by atoms with E-state index in [1.165, 1.54) is 16.4 Å². The molecule has 3 aliphatic heterocycles. The lowest BCUT2D eigenvalue weighted by Gasteiger charge is -2.38. The van der Waals surface area contributed by atoms with Crippen LogP contribution in [0.3, 0.4) is 0 Å². The molecule has 0 radical (unpaired) electrons. The normalized spacial score (nSPS) is 25.9. The van der Waals surface area contributed by atoms with E-state index < -0.39 is 25.1 Å². The molecule has 1 amide bonds. The number of piperidine rings is 2. The summed E-state index contributed by atoms with van der Waals surface area (Å²) in [5.41, 5.74) is 0.443. The maximum Gasteiger partial charge on any atom is 0.254 e. The number of sulfonamides is 1. The van der Waals surface area contributed by atoms with Crippen LogP contribution >= 0.6 is 0 Å². The van der Waals surface area contributed by atoms with E-state index in [2.05, 4.69) is 0 Å². The van der Waals surface area contributed by atoms with Gasteiger partial charge >= 0.3 is 0 Å². The van der Waals surface area contributed by atoms with Gasteiger partial charge in [0.1, 0.15) is 0 Å². The van der Waals surface area contributed by atoms with Crippen molar-refractivity contribution in [2.24, 2.45) is 0 Å². The smallest absolute Gasteiger partial charge is 0.254 e. The molecule has 3 heterocycles. The Hall–Kier alpha value is -2.23. The SMILES string of the molecule is O=C(c1ccc(S(=O)(=O)N2CCCCC2)cc1)N1C2CCC1CC(S(=O)(=O)c1ccccc1)C2. The van der Waals surface area contributed by atoms with Gasteiger partial charge in [-0.3, -0.25) is 4.79 Å². The lowest BCUT2D eigenvalue weighted by Crippen LogP contribution is -2.49. The highest BCUT2D eigenvalue weighted by molar-refractivity contribution is 7.92. The first-order valence-electron chi connectivity index (χ1n) is 12.0. The predicted octanol–water partition coefficient (Wildman–Crippen LogP) is 3.47. The third-order valence-corrected chi connectivity index (χ3v) is 11.6. The second-order valence-electron chi connectivity index (χ2n) is 9.54. The Bertz CT molecular complexity index is 1240. The van der Waals surface area contributed by atoms with Crippen LogP contribution in [0.1, 0.15) is 55.3 Å². The zero-order valence-corrected chi connectivity index (χ0v) is 20.7. The van der Waals surface area contributed by atoms with Gasteiger partial charge in [0.05, 0.1) is 15.0 Å². The molecule has 3 aliphatic rings. The molecule has 0 aliphatic carbocycles. The summed E-state index contributed by atoms with van der Waals surface area (Å²) in [6, 6.07) is 14.5. The third kappa shape index (κ3) is 4.18. The summed E-state index contributed by atoms with van der Waals surface area (Å²) in [5, 5.41) is -0.492. The summed E-state index contributed by atoms with van der Waals surface area (Å²) in [5.74, 6) is -0.148. The van der Waals surface area contributed by atoms with Gasteiger partial charge in [-0.2, -0.15) is 4.31 Å². The van der Waals surface area contributed by atoms with Crippen LogP contribution in [0.15, 0.2) is 64.4 Å². The minimum atomic E-state index is -3.55. The lowest BCUT2D eigenvalue weighted by molar-refractivity contribution is 0.0598. The fraction of sp³-hybridized carbons (Fsp3) is 0.480. The first-order chi connectivity index (χ1) is 16.3. The van der Waals surface area contributed by atoms with Crippen molar-refractivity contribution in [3.63, 3.8) is 0 Å². The molecular weight excluding hydrogens is 472 g/mol. The highest BCUT2D eigenvalue weighted by Crippen LogP contribution is 2.40. The first-order valence-corrected chi connectivity index (χ1v) is 15.0. The van der Waals surface area contributed by atoms with Crippen LogP contribution < -0.4 is 0 Å². The van der Waals surface area contributed by atoms with E-state index in [1.807, 2.05) is 4.90 Å². The van der Waals surface area contributed by atoms with Gasteiger partial charge in [-0.1, -0.05) is 24.6 Å². The van der Waals surface area contributed by atoms with Crippen molar-refractivity contribution in [1.29, 1.82) is 0 Å². The quantitative estimate of drug-likeness (QED) is 0.624. The number of carbonyl (C=O) groups excluding carboxylic acids is 1. The largest absolute Gasteiger partial charge is 0.333 e. The fourth-order valence-electron chi connectivity index (χ4n) is 5.69. The van der Waals surface area contributed by atoms with Crippen molar-refractivity contribution < 1.29 is 21.6 Å². The molecule has 2 aromatic rings. The molecule has 2 atom stereocenters. The van der Waals surface area contributed by atoms with Gasteiger partial charge in [0.25, 0.3) is 5.91 Å².